The van der Waals surface area contributed by atoms with Crippen molar-refractivity contribution in [2.45, 2.75) is 11.7 Å². The largest absolute Gasteiger partial charge is 0.379 e. The normalized spacial score (nSPS) is 24.3. The molecule has 1 aliphatic rings. The number of hydrogen-bond acceptors (Lipinski definition) is 3. The second-order valence-corrected chi connectivity index (χ2v) is 3.76. The van der Waals surface area contributed by atoms with Gasteiger partial charge < -0.3 is 10.6 Å². The molecule has 4 nitrogen and oxygen atoms in total. The third-order valence-corrected chi connectivity index (χ3v) is 2.62. The van der Waals surface area contributed by atoms with E-state index in [1.54, 1.807) is 11.9 Å². The number of hydrogen-bond donors (Lipinski definition) is 2. The molecular formula is C6H11N3OS. The lowest BCUT2D eigenvalue weighted by atomic mass is 10.4. The highest BCUT2D eigenvalue weighted by molar-refractivity contribution is 8.14. The lowest BCUT2D eigenvalue weighted by Crippen LogP contribution is -2.25. The predicted molar refractivity (Wildman–Crippen MR) is 45.5 cm³/mol. The van der Waals surface area contributed by atoms with E-state index < -0.39 is 0 Å². The SMILES string of the molecule is CN1CCC(SC(=N)N)C1=O. The van der Waals surface area contributed by atoms with E-state index in [1.807, 2.05) is 0 Å². The molecule has 1 saturated heterocycles. The molecule has 0 radical (unpaired) electrons. The van der Waals surface area contributed by atoms with Crippen molar-refractivity contribution in [1.29, 1.82) is 5.41 Å². The van der Waals surface area contributed by atoms with E-state index in [-0.39, 0.29) is 16.3 Å². The van der Waals surface area contributed by atoms with Gasteiger partial charge in [0.05, 0.1) is 5.25 Å². The number of rotatable bonds is 1. The molecule has 1 fully saturated rings. The molecule has 1 atom stereocenters. The summed E-state index contributed by atoms with van der Waals surface area (Å²) in [6.07, 6.45) is 0.805. The molecule has 5 heteroatoms. The van der Waals surface area contributed by atoms with E-state index >= 15 is 0 Å². The monoisotopic (exact) mass is 173 g/mol. The maximum absolute atomic E-state index is 11.2. The minimum atomic E-state index is -0.113. The molecule has 0 saturated carbocycles. The zero-order valence-corrected chi connectivity index (χ0v) is 7.15. The summed E-state index contributed by atoms with van der Waals surface area (Å²) in [5.41, 5.74) is 5.16. The fourth-order valence-electron chi connectivity index (χ4n) is 1.05. The molecule has 0 aromatic heterocycles. The molecule has 1 aliphatic heterocycles. The van der Waals surface area contributed by atoms with Gasteiger partial charge in [0.15, 0.2) is 5.17 Å². The summed E-state index contributed by atoms with van der Waals surface area (Å²) in [4.78, 5) is 12.9. The quantitative estimate of drug-likeness (QED) is 0.428. The molecule has 0 aliphatic carbocycles. The lowest BCUT2D eigenvalue weighted by molar-refractivity contribution is -0.126. The molecule has 0 spiro atoms. The molecule has 1 unspecified atom stereocenters. The molecule has 1 heterocycles. The minimum Gasteiger partial charge on any atom is -0.379 e. The smallest absolute Gasteiger partial charge is 0.235 e. The molecule has 11 heavy (non-hydrogen) atoms. The number of nitrogens with two attached hydrogens (primary N) is 1. The van der Waals surface area contributed by atoms with Gasteiger partial charge in [-0.3, -0.25) is 10.2 Å². The van der Waals surface area contributed by atoms with Crippen LogP contribution in [0.1, 0.15) is 6.42 Å². The Labute approximate surface area is 69.6 Å². The van der Waals surface area contributed by atoms with Gasteiger partial charge in [0.1, 0.15) is 0 Å². The lowest BCUT2D eigenvalue weighted by Gasteiger charge is -2.08. The summed E-state index contributed by atoms with van der Waals surface area (Å²) < 4.78 is 0. The maximum atomic E-state index is 11.2. The highest BCUT2D eigenvalue weighted by Gasteiger charge is 2.29. The van der Waals surface area contributed by atoms with E-state index in [1.165, 1.54) is 0 Å². The Balaban J connectivity index is 2.49. The summed E-state index contributed by atoms with van der Waals surface area (Å²) in [6.45, 7) is 0.782. The number of carbonyl (C=O) groups is 1. The zero-order chi connectivity index (χ0) is 8.43. The third kappa shape index (κ3) is 1.86. The van der Waals surface area contributed by atoms with Gasteiger partial charge in [-0.25, -0.2) is 0 Å². The van der Waals surface area contributed by atoms with Gasteiger partial charge in [-0.05, 0) is 6.42 Å². The number of nitrogens with one attached hydrogen (secondary N) is 1. The first kappa shape index (κ1) is 8.39. The van der Waals surface area contributed by atoms with Crippen LogP contribution < -0.4 is 5.73 Å². The molecule has 0 aromatic rings. The predicted octanol–water partition coefficient (Wildman–Crippen LogP) is -0.156. The van der Waals surface area contributed by atoms with Crippen LogP contribution >= 0.6 is 11.8 Å². The number of amidine groups is 1. The van der Waals surface area contributed by atoms with Crippen LogP contribution in [0.4, 0.5) is 0 Å². The number of likely N-dealkylation sites (tertiary alicyclic amines) is 1. The third-order valence-electron chi connectivity index (χ3n) is 1.65. The highest BCUT2D eigenvalue weighted by Crippen LogP contribution is 2.21. The Kier molecular flexibility index (Phi) is 2.38. The van der Waals surface area contributed by atoms with E-state index in [0.717, 1.165) is 24.7 Å². The second kappa shape index (κ2) is 3.13. The summed E-state index contributed by atoms with van der Waals surface area (Å²) in [7, 11) is 1.77. The van der Waals surface area contributed by atoms with Crippen LogP contribution in [0.15, 0.2) is 0 Å². The van der Waals surface area contributed by atoms with Crippen LogP contribution in [-0.4, -0.2) is 34.8 Å². The van der Waals surface area contributed by atoms with Crippen LogP contribution in [0.5, 0.6) is 0 Å². The van der Waals surface area contributed by atoms with Crippen LogP contribution in [0.2, 0.25) is 0 Å². The topological polar surface area (TPSA) is 70.2 Å². The number of nitrogens with zero attached hydrogens (tertiary/aromatic N) is 1. The molecule has 0 bridgehead atoms. The van der Waals surface area contributed by atoms with Gasteiger partial charge in [0.25, 0.3) is 0 Å². The highest BCUT2D eigenvalue weighted by atomic mass is 32.2. The molecule has 1 rings (SSSR count). The Bertz CT molecular complexity index is 194. The van der Waals surface area contributed by atoms with E-state index in [4.69, 9.17) is 11.1 Å². The first-order chi connectivity index (χ1) is 5.11. The molecule has 1 amide bonds. The van der Waals surface area contributed by atoms with Gasteiger partial charge in [-0.2, -0.15) is 0 Å². The van der Waals surface area contributed by atoms with E-state index in [2.05, 4.69) is 0 Å². The average molecular weight is 173 g/mol. The fraction of sp³-hybridized carbons (Fsp3) is 0.667. The van der Waals surface area contributed by atoms with Crippen molar-refractivity contribution in [2.75, 3.05) is 13.6 Å². The molecule has 0 aromatic carbocycles. The van der Waals surface area contributed by atoms with Crippen molar-refractivity contribution in [3.05, 3.63) is 0 Å². The molecular weight excluding hydrogens is 162 g/mol. The Hall–Kier alpha value is -0.710. The van der Waals surface area contributed by atoms with E-state index in [9.17, 15) is 4.79 Å². The van der Waals surface area contributed by atoms with Gasteiger partial charge in [-0.15, -0.1) is 0 Å². The van der Waals surface area contributed by atoms with Crippen molar-refractivity contribution in [1.82, 2.24) is 4.90 Å². The van der Waals surface area contributed by atoms with Crippen molar-refractivity contribution >= 4 is 22.8 Å². The van der Waals surface area contributed by atoms with Crippen molar-refractivity contribution in [3.63, 3.8) is 0 Å². The van der Waals surface area contributed by atoms with Gasteiger partial charge in [0.2, 0.25) is 5.91 Å². The van der Waals surface area contributed by atoms with Crippen LogP contribution in [0.3, 0.4) is 0 Å². The van der Waals surface area contributed by atoms with Crippen molar-refractivity contribution in [2.24, 2.45) is 5.73 Å². The number of thioether (sulfide) groups is 1. The van der Waals surface area contributed by atoms with Crippen molar-refractivity contribution in [3.8, 4) is 0 Å². The van der Waals surface area contributed by atoms with Crippen molar-refractivity contribution < 1.29 is 4.79 Å². The first-order valence-electron chi connectivity index (χ1n) is 3.37. The second-order valence-electron chi connectivity index (χ2n) is 2.52. The van der Waals surface area contributed by atoms with Gasteiger partial charge in [-0.1, -0.05) is 11.8 Å². The van der Waals surface area contributed by atoms with Gasteiger partial charge >= 0.3 is 0 Å². The Morgan fingerprint density at radius 2 is 2.55 bits per heavy atom. The standard InChI is InChI=1S/C6H11N3OS/c1-9-3-2-4(5(9)10)11-6(7)8/h4H,2-3H2,1H3,(H3,7,8). The van der Waals surface area contributed by atoms with E-state index in [0.29, 0.717) is 0 Å². The van der Waals surface area contributed by atoms with Crippen LogP contribution in [0.25, 0.3) is 0 Å². The molecule has 62 valence electrons. The van der Waals surface area contributed by atoms with Gasteiger partial charge in [0, 0.05) is 13.6 Å². The maximum Gasteiger partial charge on any atom is 0.235 e. The zero-order valence-electron chi connectivity index (χ0n) is 6.33. The molecule has 3 N–H and O–H groups in total. The summed E-state index contributed by atoms with van der Waals surface area (Å²) in [5, 5.41) is 6.90. The first-order valence-corrected chi connectivity index (χ1v) is 4.25. The summed E-state index contributed by atoms with van der Waals surface area (Å²) in [5.74, 6) is 0.0881. The minimum absolute atomic E-state index is 0.0265. The average Bonchev–Trinajstić information content (AvgIpc) is 2.18. The summed E-state index contributed by atoms with van der Waals surface area (Å²) in [6, 6.07) is 0. The number of amides is 1. The Morgan fingerprint density at radius 3 is 2.91 bits per heavy atom. The van der Waals surface area contributed by atoms with Crippen LogP contribution in [0, 0.1) is 5.41 Å². The number of carbonyl (C=O) groups excluding carboxylic acids is 1. The van der Waals surface area contributed by atoms with Crippen LogP contribution in [-0.2, 0) is 4.79 Å². The fourth-order valence-corrected chi connectivity index (χ4v) is 1.86. The summed E-state index contributed by atoms with van der Waals surface area (Å²) >= 11 is 1.14. The Morgan fingerprint density at radius 1 is 1.91 bits per heavy atom.